The average Bonchev–Trinajstić information content (AvgIpc) is 2.61. The standard InChI is InChI=1S/C14H18N2S/c1-9-7-12(17-11(9)3)8-16-14-6-4-5-13(15)10(14)2/h4-7,16H,8,15H2,1-3H3. The minimum absolute atomic E-state index is 0.841. The molecule has 90 valence electrons. The van der Waals surface area contributed by atoms with Gasteiger partial charge in [0.2, 0.25) is 0 Å². The third-order valence-electron chi connectivity index (χ3n) is 3.05. The summed E-state index contributed by atoms with van der Waals surface area (Å²) < 4.78 is 0. The maximum Gasteiger partial charge on any atom is 0.0494 e. The highest BCUT2D eigenvalue weighted by Crippen LogP contribution is 2.24. The number of anilines is 2. The molecule has 2 aromatic rings. The second kappa shape index (κ2) is 4.80. The Bertz CT molecular complexity index is 510. The monoisotopic (exact) mass is 246 g/mol. The Balaban J connectivity index is 2.10. The number of rotatable bonds is 3. The van der Waals surface area contributed by atoms with Gasteiger partial charge in [0.25, 0.3) is 0 Å². The second-order valence-corrected chi connectivity index (χ2v) is 5.67. The first-order valence-electron chi connectivity index (χ1n) is 5.73. The van der Waals surface area contributed by atoms with Crippen LogP contribution >= 0.6 is 11.3 Å². The van der Waals surface area contributed by atoms with Crippen molar-refractivity contribution in [2.45, 2.75) is 27.3 Å². The van der Waals surface area contributed by atoms with Crippen LogP contribution < -0.4 is 11.1 Å². The fourth-order valence-corrected chi connectivity index (χ4v) is 2.76. The SMILES string of the molecule is Cc1cc(CNc2cccc(N)c2C)sc1C. The van der Waals surface area contributed by atoms with Crippen LogP contribution in [0.15, 0.2) is 24.3 Å². The summed E-state index contributed by atoms with van der Waals surface area (Å²) in [5, 5.41) is 3.44. The summed E-state index contributed by atoms with van der Waals surface area (Å²) in [5.41, 5.74) is 10.3. The first-order valence-corrected chi connectivity index (χ1v) is 6.54. The Hall–Kier alpha value is -1.48. The Morgan fingerprint density at radius 2 is 2.00 bits per heavy atom. The van der Waals surface area contributed by atoms with Crippen LogP contribution in [0.4, 0.5) is 11.4 Å². The highest BCUT2D eigenvalue weighted by Gasteiger charge is 2.03. The van der Waals surface area contributed by atoms with Crippen LogP contribution in [0.1, 0.15) is 20.9 Å². The lowest BCUT2D eigenvalue weighted by molar-refractivity contribution is 1.18. The molecule has 1 heterocycles. The molecule has 17 heavy (non-hydrogen) atoms. The molecule has 0 aliphatic rings. The molecule has 0 aliphatic carbocycles. The lowest BCUT2D eigenvalue weighted by Gasteiger charge is -2.10. The maximum absolute atomic E-state index is 5.88. The molecule has 0 radical (unpaired) electrons. The van der Waals surface area contributed by atoms with E-state index in [9.17, 15) is 0 Å². The van der Waals surface area contributed by atoms with E-state index in [1.807, 2.05) is 30.4 Å². The van der Waals surface area contributed by atoms with Gasteiger partial charge in [-0.25, -0.2) is 0 Å². The molecule has 3 heteroatoms. The summed E-state index contributed by atoms with van der Waals surface area (Å²) in [6.07, 6.45) is 0. The Morgan fingerprint density at radius 3 is 2.65 bits per heavy atom. The zero-order valence-corrected chi connectivity index (χ0v) is 11.3. The zero-order valence-electron chi connectivity index (χ0n) is 10.5. The average molecular weight is 246 g/mol. The van der Waals surface area contributed by atoms with Crippen LogP contribution in [0.2, 0.25) is 0 Å². The topological polar surface area (TPSA) is 38.0 Å². The molecule has 0 aliphatic heterocycles. The normalized spacial score (nSPS) is 10.5. The number of nitrogens with two attached hydrogens (primary N) is 1. The molecule has 0 unspecified atom stereocenters. The van der Waals surface area contributed by atoms with Gasteiger partial charge < -0.3 is 11.1 Å². The smallest absolute Gasteiger partial charge is 0.0494 e. The van der Waals surface area contributed by atoms with Gasteiger partial charge in [-0.1, -0.05) is 6.07 Å². The summed E-state index contributed by atoms with van der Waals surface area (Å²) in [5.74, 6) is 0. The summed E-state index contributed by atoms with van der Waals surface area (Å²) in [4.78, 5) is 2.76. The van der Waals surface area contributed by atoms with Crippen molar-refractivity contribution in [3.63, 3.8) is 0 Å². The van der Waals surface area contributed by atoms with Crippen molar-refractivity contribution in [2.75, 3.05) is 11.1 Å². The van der Waals surface area contributed by atoms with Gasteiger partial charge in [0.15, 0.2) is 0 Å². The highest BCUT2D eigenvalue weighted by atomic mass is 32.1. The minimum Gasteiger partial charge on any atom is -0.398 e. The van der Waals surface area contributed by atoms with E-state index in [4.69, 9.17) is 5.73 Å². The van der Waals surface area contributed by atoms with E-state index in [2.05, 4.69) is 31.3 Å². The lowest BCUT2D eigenvalue weighted by atomic mass is 10.1. The van der Waals surface area contributed by atoms with E-state index in [0.29, 0.717) is 0 Å². The van der Waals surface area contributed by atoms with Gasteiger partial charge in [-0.3, -0.25) is 0 Å². The van der Waals surface area contributed by atoms with E-state index in [0.717, 1.165) is 23.5 Å². The summed E-state index contributed by atoms with van der Waals surface area (Å²) in [7, 11) is 0. The number of thiophene rings is 1. The first kappa shape index (κ1) is 12.0. The molecular formula is C14H18N2S. The summed E-state index contributed by atoms with van der Waals surface area (Å²) >= 11 is 1.85. The molecule has 0 amide bonds. The number of hydrogen-bond donors (Lipinski definition) is 2. The van der Waals surface area contributed by atoms with Crippen LogP contribution in [0.3, 0.4) is 0 Å². The van der Waals surface area contributed by atoms with Crippen LogP contribution in [0.25, 0.3) is 0 Å². The molecule has 0 fully saturated rings. The molecule has 0 spiro atoms. The van der Waals surface area contributed by atoms with E-state index >= 15 is 0 Å². The molecule has 0 saturated heterocycles. The summed E-state index contributed by atoms with van der Waals surface area (Å²) in [6.45, 7) is 7.22. The van der Waals surface area contributed by atoms with Crippen molar-refractivity contribution < 1.29 is 0 Å². The third kappa shape index (κ3) is 2.61. The largest absolute Gasteiger partial charge is 0.398 e. The lowest BCUT2D eigenvalue weighted by Crippen LogP contribution is -2.01. The molecule has 0 bridgehead atoms. The number of aryl methyl sites for hydroxylation is 2. The fraction of sp³-hybridized carbons (Fsp3) is 0.286. The molecule has 3 N–H and O–H groups in total. The predicted octanol–water partition coefficient (Wildman–Crippen LogP) is 3.87. The highest BCUT2D eigenvalue weighted by molar-refractivity contribution is 7.12. The Morgan fingerprint density at radius 1 is 1.24 bits per heavy atom. The first-order chi connectivity index (χ1) is 8.08. The van der Waals surface area contributed by atoms with Gasteiger partial charge in [0.05, 0.1) is 0 Å². The van der Waals surface area contributed by atoms with E-state index in [1.54, 1.807) is 0 Å². The van der Waals surface area contributed by atoms with E-state index in [1.165, 1.54) is 15.3 Å². The predicted molar refractivity (Wildman–Crippen MR) is 76.7 cm³/mol. The van der Waals surface area contributed by atoms with Crippen molar-refractivity contribution >= 4 is 22.7 Å². The Kier molecular flexibility index (Phi) is 3.38. The van der Waals surface area contributed by atoms with Gasteiger partial charge >= 0.3 is 0 Å². The zero-order chi connectivity index (χ0) is 12.4. The molecule has 2 rings (SSSR count). The molecule has 2 nitrogen and oxygen atoms in total. The van der Waals surface area contributed by atoms with E-state index < -0.39 is 0 Å². The fourth-order valence-electron chi connectivity index (χ4n) is 1.76. The van der Waals surface area contributed by atoms with Gasteiger partial charge in [0.1, 0.15) is 0 Å². The molecule has 1 aromatic carbocycles. The van der Waals surface area contributed by atoms with Crippen LogP contribution in [-0.2, 0) is 6.54 Å². The van der Waals surface area contributed by atoms with Crippen molar-refractivity contribution in [3.8, 4) is 0 Å². The van der Waals surface area contributed by atoms with Crippen molar-refractivity contribution in [1.82, 2.24) is 0 Å². The van der Waals surface area contributed by atoms with Gasteiger partial charge in [-0.2, -0.15) is 0 Å². The summed E-state index contributed by atoms with van der Waals surface area (Å²) in [6, 6.07) is 8.23. The number of benzene rings is 1. The number of nitrogen functional groups attached to an aromatic ring is 1. The van der Waals surface area contributed by atoms with Gasteiger partial charge in [-0.15, -0.1) is 11.3 Å². The molecule has 0 atom stereocenters. The minimum atomic E-state index is 0.841. The van der Waals surface area contributed by atoms with Gasteiger partial charge in [0, 0.05) is 27.7 Å². The molecular weight excluding hydrogens is 228 g/mol. The van der Waals surface area contributed by atoms with Crippen molar-refractivity contribution in [3.05, 3.63) is 45.1 Å². The number of hydrogen-bond acceptors (Lipinski definition) is 3. The van der Waals surface area contributed by atoms with Gasteiger partial charge in [-0.05, 0) is 50.1 Å². The van der Waals surface area contributed by atoms with Crippen molar-refractivity contribution in [1.29, 1.82) is 0 Å². The van der Waals surface area contributed by atoms with Crippen LogP contribution in [-0.4, -0.2) is 0 Å². The quantitative estimate of drug-likeness (QED) is 0.807. The van der Waals surface area contributed by atoms with E-state index in [-0.39, 0.29) is 0 Å². The van der Waals surface area contributed by atoms with Crippen LogP contribution in [0, 0.1) is 20.8 Å². The third-order valence-corrected chi connectivity index (χ3v) is 4.20. The second-order valence-electron chi connectivity index (χ2n) is 4.33. The Labute approximate surface area is 106 Å². The molecule has 1 aromatic heterocycles. The van der Waals surface area contributed by atoms with Crippen LogP contribution in [0.5, 0.6) is 0 Å². The van der Waals surface area contributed by atoms with Crippen molar-refractivity contribution in [2.24, 2.45) is 0 Å². The number of nitrogens with one attached hydrogen (secondary N) is 1. The maximum atomic E-state index is 5.88. The molecule has 0 saturated carbocycles.